The van der Waals surface area contributed by atoms with Crippen molar-refractivity contribution in [2.75, 3.05) is 39.6 Å². The van der Waals surface area contributed by atoms with E-state index < -0.39 is 196 Å². The highest BCUT2D eigenvalue weighted by Gasteiger charge is 2.52. The molecule has 74 heavy (non-hydrogen) atoms. The first-order valence-corrected chi connectivity index (χ1v) is 24.6. The van der Waals surface area contributed by atoms with E-state index in [0.29, 0.717) is 5.06 Å². The third-order valence-electron chi connectivity index (χ3n) is 13.6. The zero-order valence-corrected chi connectivity index (χ0v) is 40.6. The van der Waals surface area contributed by atoms with Gasteiger partial charge in [-0.25, -0.2) is 4.79 Å². The summed E-state index contributed by atoms with van der Waals surface area (Å²) < 4.78 is 39.3. The first kappa shape index (κ1) is 61.5. The van der Waals surface area contributed by atoms with Gasteiger partial charge in [0.2, 0.25) is 5.91 Å². The van der Waals surface area contributed by atoms with Gasteiger partial charge in [0.25, 0.3) is 11.8 Å². The number of ether oxygens (including phenoxy) is 7. The number of hydrogen-bond acceptors (Lipinski definition) is 27. The van der Waals surface area contributed by atoms with Gasteiger partial charge in [-0.3, -0.25) is 24.0 Å². The summed E-state index contributed by atoms with van der Waals surface area (Å²) in [4.78, 5) is 80.7. The van der Waals surface area contributed by atoms with Crippen molar-refractivity contribution in [3.8, 4) is 0 Å². The summed E-state index contributed by atoms with van der Waals surface area (Å²) in [6, 6.07) is 0. The van der Waals surface area contributed by atoms with Crippen molar-refractivity contribution in [1.82, 2.24) is 10.4 Å². The Hall–Kier alpha value is -3.38. The molecule has 4 saturated heterocycles. The first-order chi connectivity index (χ1) is 35.1. The quantitative estimate of drug-likeness (QED) is 0.0268. The molecule has 29 nitrogen and oxygen atoms in total. The van der Waals surface area contributed by atoms with Gasteiger partial charge in [-0.15, -0.1) is 5.06 Å². The number of imide groups is 1. The van der Waals surface area contributed by atoms with E-state index in [0.717, 1.165) is 0 Å². The Morgan fingerprint density at radius 2 is 1.22 bits per heavy atom. The fourth-order valence-electron chi connectivity index (χ4n) is 9.07. The molecule has 5 fully saturated rings. The molecular weight excluding hydrogens is 1000 g/mol. The number of nitrogens with one attached hydrogen (secondary N) is 1. The second-order valence-corrected chi connectivity index (χ2v) is 19.1. The second-order valence-electron chi connectivity index (χ2n) is 19.1. The van der Waals surface area contributed by atoms with E-state index in [2.05, 4.69) is 5.32 Å². The molecule has 4 heterocycles. The van der Waals surface area contributed by atoms with Crippen LogP contribution in [0.2, 0.25) is 0 Å². The number of amides is 3. The predicted molar refractivity (Wildman–Crippen MR) is 237 cm³/mol. The van der Waals surface area contributed by atoms with E-state index in [1.54, 1.807) is 0 Å². The molecule has 0 bridgehead atoms. The number of nitrogens with zero attached hydrogens (tertiary/aromatic N) is 1. The van der Waals surface area contributed by atoms with Gasteiger partial charge in [0, 0.05) is 69.9 Å². The summed E-state index contributed by atoms with van der Waals surface area (Å²) in [6.45, 7) is -1.44. The largest absolute Gasteiger partial charge is 0.396 e. The van der Waals surface area contributed by atoms with Crippen LogP contribution in [0, 0.1) is 11.8 Å². The normalized spacial score (nSPS) is 38.2. The summed E-state index contributed by atoms with van der Waals surface area (Å²) in [5, 5.41) is 138. The zero-order valence-electron chi connectivity index (χ0n) is 40.6. The van der Waals surface area contributed by atoms with Crippen molar-refractivity contribution in [1.29, 1.82) is 0 Å². The molecule has 0 aromatic heterocycles. The number of carbonyl (C=O) groups is 6. The third kappa shape index (κ3) is 16.1. The molecule has 29 heteroatoms. The van der Waals surface area contributed by atoms with E-state index in [9.17, 15) is 95.2 Å². The Labute approximate surface area is 423 Å². The monoisotopic (exact) mass is 1070 g/mol. The Kier molecular flexibility index (Phi) is 24.0. The minimum atomic E-state index is -1.88. The summed E-state index contributed by atoms with van der Waals surface area (Å²) in [5.41, 5.74) is 0. The number of Topliss-reactive ketones (excluding diaryl/α,β-unsaturated/α-hetero) is 2. The molecule has 4 aliphatic heterocycles. The summed E-state index contributed by atoms with van der Waals surface area (Å²) in [7, 11) is 0. The molecule has 0 aromatic rings. The van der Waals surface area contributed by atoms with Gasteiger partial charge in [0.05, 0.1) is 44.7 Å². The maximum atomic E-state index is 13.7. The Morgan fingerprint density at radius 3 is 1.88 bits per heavy atom. The maximum Gasteiger partial charge on any atom is 0.333 e. The van der Waals surface area contributed by atoms with E-state index >= 15 is 0 Å². The number of hydrogen-bond donors (Lipinski definition) is 14. The van der Waals surface area contributed by atoms with Gasteiger partial charge in [0.15, 0.2) is 18.9 Å². The molecule has 1 unspecified atom stereocenters. The van der Waals surface area contributed by atoms with Crippen molar-refractivity contribution in [3.05, 3.63) is 0 Å². The molecule has 0 aromatic carbocycles. The Morgan fingerprint density at radius 1 is 0.622 bits per heavy atom. The minimum absolute atomic E-state index is 0.0926. The Balaban J connectivity index is 1.20. The van der Waals surface area contributed by atoms with Crippen molar-refractivity contribution >= 4 is 35.3 Å². The average molecular weight is 1070 g/mol. The average Bonchev–Trinajstić information content (AvgIpc) is 3.69. The molecule has 14 N–H and O–H groups in total. The molecule has 21 atom stereocenters. The number of aliphatic hydroxyl groups excluding tert-OH is 13. The summed E-state index contributed by atoms with van der Waals surface area (Å²) in [5.74, 6) is -6.09. The van der Waals surface area contributed by atoms with Crippen LogP contribution in [0.3, 0.4) is 0 Å². The molecule has 5 aliphatic rings. The second kappa shape index (κ2) is 28.8. The number of carbonyl (C=O) groups excluding carboxylic acids is 6. The minimum Gasteiger partial charge on any atom is -0.396 e. The fourth-order valence-corrected chi connectivity index (χ4v) is 9.07. The third-order valence-corrected chi connectivity index (χ3v) is 13.6. The zero-order chi connectivity index (χ0) is 54.6. The van der Waals surface area contributed by atoms with Crippen molar-refractivity contribution < 1.29 is 133 Å². The lowest BCUT2D eigenvalue weighted by Gasteiger charge is -2.46. The van der Waals surface area contributed by atoms with Crippen LogP contribution in [0.15, 0.2) is 0 Å². The predicted octanol–water partition coefficient (Wildman–Crippen LogP) is -7.44. The van der Waals surface area contributed by atoms with Gasteiger partial charge < -0.3 is 110 Å². The standard InChI is InChI=1S/C45H72N2O27/c1-19-31(56)36(61)39(64)43(70-19)68-12-10-46-27(52)15-20(13-22(50)5-2-3-7-30(55)74-47-28(53)8-9-29(47)54)23(51)6-4-11-67-45-41(66)42(71-24-14-21(16-48)32(57)37(62)33(24)58)35(60)26(73-45)18-69-44-40(65)38(63)34(59)25(17-49)72-44/h19-21,24-26,31-45,48-49,56-66H,2-18H2,1H3,(H,46,52)/t19-,20?,21+,24-,25+,26+,31+,32+,33+,34+,35+,36+,37-,38-,39-,40-,41-,42-,43+,44-,45-/m0/s1. The molecule has 0 radical (unpaired) electrons. The van der Waals surface area contributed by atoms with E-state index in [1.165, 1.54) is 6.92 Å². The Bertz CT molecular complexity index is 1830. The van der Waals surface area contributed by atoms with Gasteiger partial charge in [0.1, 0.15) is 90.9 Å². The van der Waals surface area contributed by atoms with Crippen LogP contribution in [0.1, 0.15) is 77.6 Å². The van der Waals surface area contributed by atoms with Gasteiger partial charge in [-0.1, -0.05) is 0 Å². The van der Waals surface area contributed by atoms with Crippen LogP contribution >= 0.6 is 0 Å². The number of aliphatic hydroxyl groups is 13. The van der Waals surface area contributed by atoms with Crippen LogP contribution in [0.4, 0.5) is 0 Å². The molecule has 0 spiro atoms. The summed E-state index contributed by atoms with van der Waals surface area (Å²) in [6.07, 6.45) is -32.4. The molecule has 5 rings (SSSR count). The van der Waals surface area contributed by atoms with Crippen molar-refractivity contribution in [2.45, 2.75) is 194 Å². The maximum absolute atomic E-state index is 13.7. The molecule has 424 valence electrons. The topological polar surface area (TPSA) is 455 Å². The molecule has 3 amide bonds. The first-order valence-electron chi connectivity index (χ1n) is 24.6. The van der Waals surface area contributed by atoms with Crippen molar-refractivity contribution in [3.63, 3.8) is 0 Å². The van der Waals surface area contributed by atoms with E-state index in [4.69, 9.17) is 38.0 Å². The summed E-state index contributed by atoms with van der Waals surface area (Å²) >= 11 is 0. The highest BCUT2D eigenvalue weighted by Crippen LogP contribution is 2.34. The van der Waals surface area contributed by atoms with Crippen LogP contribution in [0.25, 0.3) is 0 Å². The number of unbranched alkanes of at least 4 members (excludes halogenated alkanes) is 1. The van der Waals surface area contributed by atoms with Gasteiger partial charge >= 0.3 is 5.97 Å². The van der Waals surface area contributed by atoms with Gasteiger partial charge in [-0.05, 0) is 32.6 Å². The molecule has 1 saturated carbocycles. The number of hydroxylamine groups is 2. The van der Waals surface area contributed by atoms with Gasteiger partial charge in [-0.2, -0.15) is 0 Å². The van der Waals surface area contributed by atoms with E-state index in [-0.39, 0.29) is 77.5 Å². The lowest BCUT2D eigenvalue weighted by molar-refractivity contribution is -0.340. The highest BCUT2D eigenvalue weighted by molar-refractivity contribution is 6.01. The lowest BCUT2D eigenvalue weighted by Crippen LogP contribution is -2.64. The fraction of sp³-hybridized carbons (Fsp3) is 0.867. The SMILES string of the molecule is C[C@@H]1O[C@@H](OCCNC(=O)CC(CC(=O)CCCCC(=O)ON2C(=O)CCC2=O)C(=O)CCCO[C@H]2O[C@H](CO[C@H]3O[C@H](CO)[C@@H](O)[C@H](O)[C@@H]3O)[C@@H](O)[C@H](O[C@H]3C[C@H](CO)[C@@H](O)[C@H](O)[C@@H]3O)[C@@H]2O)[C@@H](O)[C@H](O)[C@@H]1O. The molecule has 1 aliphatic carbocycles. The van der Waals surface area contributed by atoms with Crippen molar-refractivity contribution in [2.24, 2.45) is 11.8 Å². The molecular formula is C45H72N2O27. The highest BCUT2D eigenvalue weighted by atomic mass is 16.7. The van der Waals surface area contributed by atoms with Crippen LogP contribution in [-0.2, 0) is 66.8 Å². The lowest BCUT2D eigenvalue weighted by atomic mass is 9.81. The number of rotatable bonds is 27. The van der Waals surface area contributed by atoms with Crippen LogP contribution < -0.4 is 5.32 Å². The van der Waals surface area contributed by atoms with Crippen LogP contribution in [0.5, 0.6) is 0 Å². The number of ketones is 2. The van der Waals surface area contributed by atoms with Crippen LogP contribution in [-0.4, -0.2) is 263 Å². The van der Waals surface area contributed by atoms with E-state index in [1.807, 2.05) is 0 Å². The smallest absolute Gasteiger partial charge is 0.333 e.